The van der Waals surface area contributed by atoms with E-state index in [9.17, 15) is 4.79 Å². The molecule has 1 aromatic carbocycles. The van der Waals surface area contributed by atoms with Crippen molar-refractivity contribution in [2.45, 2.75) is 20.0 Å². The molecular formula is C15H20N4O. The maximum Gasteiger partial charge on any atom is 0.253 e. The molecule has 0 aliphatic heterocycles. The largest absolute Gasteiger partial charge is 0.381 e. The third-order valence-corrected chi connectivity index (χ3v) is 3.05. The molecule has 0 aliphatic carbocycles. The molecule has 20 heavy (non-hydrogen) atoms. The zero-order valence-corrected chi connectivity index (χ0v) is 12.1. The Kier molecular flexibility index (Phi) is 4.40. The van der Waals surface area contributed by atoms with E-state index < -0.39 is 0 Å². The molecule has 0 unspecified atom stereocenters. The van der Waals surface area contributed by atoms with Gasteiger partial charge in [0.2, 0.25) is 0 Å². The van der Waals surface area contributed by atoms with Crippen LogP contribution in [-0.2, 0) is 13.1 Å². The Morgan fingerprint density at radius 2 is 2.00 bits per heavy atom. The maximum atomic E-state index is 11.8. The van der Waals surface area contributed by atoms with Crippen LogP contribution in [0.25, 0.3) is 0 Å². The van der Waals surface area contributed by atoms with Crippen LogP contribution in [0.2, 0.25) is 0 Å². The summed E-state index contributed by atoms with van der Waals surface area (Å²) in [5.41, 5.74) is 2.82. The minimum Gasteiger partial charge on any atom is -0.381 e. The van der Waals surface area contributed by atoms with Crippen molar-refractivity contribution in [3.05, 3.63) is 47.8 Å². The Balaban J connectivity index is 1.95. The Bertz CT molecular complexity index is 572. The molecule has 0 bridgehead atoms. The SMILES string of the molecule is CCn1cc(CNc2ccc(C(=O)N(C)C)cc2)cn1. The monoisotopic (exact) mass is 272 g/mol. The molecule has 0 saturated heterocycles. The van der Waals surface area contributed by atoms with E-state index in [0.717, 1.165) is 24.3 Å². The lowest BCUT2D eigenvalue weighted by Gasteiger charge is -2.11. The van der Waals surface area contributed by atoms with Crippen LogP contribution in [0.15, 0.2) is 36.7 Å². The fourth-order valence-corrected chi connectivity index (χ4v) is 1.86. The van der Waals surface area contributed by atoms with Crippen LogP contribution in [0.1, 0.15) is 22.8 Å². The second-order valence-electron chi connectivity index (χ2n) is 4.83. The van der Waals surface area contributed by atoms with Gasteiger partial charge in [-0.1, -0.05) is 0 Å². The van der Waals surface area contributed by atoms with Gasteiger partial charge < -0.3 is 10.2 Å². The number of benzene rings is 1. The van der Waals surface area contributed by atoms with Gasteiger partial charge in [-0.2, -0.15) is 5.10 Å². The molecule has 106 valence electrons. The summed E-state index contributed by atoms with van der Waals surface area (Å²) in [4.78, 5) is 13.3. The molecule has 2 rings (SSSR count). The van der Waals surface area contributed by atoms with Crippen molar-refractivity contribution in [2.24, 2.45) is 0 Å². The van der Waals surface area contributed by atoms with Crippen LogP contribution < -0.4 is 5.32 Å². The summed E-state index contributed by atoms with van der Waals surface area (Å²) >= 11 is 0. The van der Waals surface area contributed by atoms with Gasteiger partial charge in [0.15, 0.2) is 0 Å². The first-order chi connectivity index (χ1) is 9.60. The number of nitrogens with zero attached hydrogens (tertiary/aromatic N) is 3. The van der Waals surface area contributed by atoms with Gasteiger partial charge in [-0.15, -0.1) is 0 Å². The van der Waals surface area contributed by atoms with E-state index in [1.165, 1.54) is 0 Å². The quantitative estimate of drug-likeness (QED) is 0.908. The van der Waals surface area contributed by atoms with E-state index in [2.05, 4.69) is 17.3 Å². The number of aromatic nitrogens is 2. The number of carbonyl (C=O) groups is 1. The number of anilines is 1. The Morgan fingerprint density at radius 3 is 2.55 bits per heavy atom. The predicted octanol–water partition coefficient (Wildman–Crippen LogP) is 2.22. The number of carbonyl (C=O) groups excluding carboxylic acids is 1. The van der Waals surface area contributed by atoms with E-state index in [1.807, 2.05) is 41.3 Å². The molecule has 1 aromatic heterocycles. The summed E-state index contributed by atoms with van der Waals surface area (Å²) in [6, 6.07) is 7.50. The predicted molar refractivity (Wildman–Crippen MR) is 79.7 cm³/mol. The minimum atomic E-state index is 0.0146. The molecule has 1 heterocycles. The summed E-state index contributed by atoms with van der Waals surface area (Å²) in [6.45, 7) is 3.66. The fraction of sp³-hybridized carbons (Fsp3) is 0.333. The first-order valence-corrected chi connectivity index (χ1v) is 6.67. The van der Waals surface area contributed by atoms with Crippen molar-refractivity contribution in [2.75, 3.05) is 19.4 Å². The molecule has 0 spiro atoms. The number of hydrogen-bond acceptors (Lipinski definition) is 3. The van der Waals surface area contributed by atoms with Crippen molar-refractivity contribution >= 4 is 11.6 Å². The van der Waals surface area contributed by atoms with E-state index in [1.54, 1.807) is 19.0 Å². The number of amides is 1. The number of rotatable bonds is 5. The number of hydrogen-bond donors (Lipinski definition) is 1. The van der Waals surface area contributed by atoms with Crippen molar-refractivity contribution in [3.63, 3.8) is 0 Å². The van der Waals surface area contributed by atoms with Gasteiger partial charge >= 0.3 is 0 Å². The molecule has 0 aliphatic rings. The van der Waals surface area contributed by atoms with E-state index >= 15 is 0 Å². The summed E-state index contributed by atoms with van der Waals surface area (Å²) in [6.07, 6.45) is 3.89. The third-order valence-electron chi connectivity index (χ3n) is 3.05. The smallest absolute Gasteiger partial charge is 0.253 e. The first kappa shape index (κ1) is 14.1. The highest BCUT2D eigenvalue weighted by atomic mass is 16.2. The molecule has 0 radical (unpaired) electrons. The van der Waals surface area contributed by atoms with Gasteiger partial charge in [-0.3, -0.25) is 9.48 Å². The van der Waals surface area contributed by atoms with Gasteiger partial charge in [0, 0.05) is 50.2 Å². The zero-order valence-electron chi connectivity index (χ0n) is 12.1. The van der Waals surface area contributed by atoms with Gasteiger partial charge in [-0.05, 0) is 31.2 Å². The average Bonchev–Trinajstić information content (AvgIpc) is 2.93. The molecule has 1 amide bonds. The molecule has 0 atom stereocenters. The van der Waals surface area contributed by atoms with E-state index in [0.29, 0.717) is 5.56 Å². The van der Waals surface area contributed by atoms with Crippen molar-refractivity contribution in [3.8, 4) is 0 Å². The topological polar surface area (TPSA) is 50.2 Å². The van der Waals surface area contributed by atoms with Crippen LogP contribution >= 0.6 is 0 Å². The molecule has 0 fully saturated rings. The lowest BCUT2D eigenvalue weighted by Crippen LogP contribution is -2.21. The second-order valence-corrected chi connectivity index (χ2v) is 4.83. The van der Waals surface area contributed by atoms with E-state index in [-0.39, 0.29) is 5.91 Å². The van der Waals surface area contributed by atoms with Crippen molar-refractivity contribution in [1.29, 1.82) is 0 Å². The van der Waals surface area contributed by atoms with Gasteiger partial charge in [-0.25, -0.2) is 0 Å². The highest BCUT2D eigenvalue weighted by molar-refractivity contribution is 5.94. The minimum absolute atomic E-state index is 0.0146. The van der Waals surface area contributed by atoms with Gasteiger partial charge in [0.25, 0.3) is 5.91 Å². The molecule has 0 saturated carbocycles. The second kappa shape index (κ2) is 6.23. The van der Waals surface area contributed by atoms with E-state index in [4.69, 9.17) is 0 Å². The summed E-state index contributed by atoms with van der Waals surface area (Å²) in [7, 11) is 3.50. The van der Waals surface area contributed by atoms with Crippen molar-refractivity contribution in [1.82, 2.24) is 14.7 Å². The summed E-state index contributed by atoms with van der Waals surface area (Å²) < 4.78 is 1.90. The van der Waals surface area contributed by atoms with Crippen LogP contribution in [0.3, 0.4) is 0 Å². The Morgan fingerprint density at radius 1 is 1.30 bits per heavy atom. The Labute approximate surface area is 119 Å². The van der Waals surface area contributed by atoms with Crippen LogP contribution in [0.5, 0.6) is 0 Å². The standard InChI is InChI=1S/C15H20N4O/c1-4-19-11-12(10-17-19)9-16-14-7-5-13(6-8-14)15(20)18(2)3/h5-8,10-11,16H,4,9H2,1-3H3. The Hall–Kier alpha value is -2.30. The highest BCUT2D eigenvalue weighted by Gasteiger charge is 2.07. The maximum absolute atomic E-state index is 11.8. The molecule has 2 aromatic rings. The fourth-order valence-electron chi connectivity index (χ4n) is 1.86. The highest BCUT2D eigenvalue weighted by Crippen LogP contribution is 2.12. The number of aryl methyl sites for hydroxylation is 1. The first-order valence-electron chi connectivity index (χ1n) is 6.67. The zero-order chi connectivity index (χ0) is 14.5. The molecule has 1 N–H and O–H groups in total. The van der Waals surface area contributed by atoms with Crippen LogP contribution in [-0.4, -0.2) is 34.7 Å². The third kappa shape index (κ3) is 3.38. The van der Waals surface area contributed by atoms with Gasteiger partial charge in [0.1, 0.15) is 0 Å². The number of nitrogens with one attached hydrogen (secondary N) is 1. The normalized spacial score (nSPS) is 10.3. The molecular weight excluding hydrogens is 252 g/mol. The van der Waals surface area contributed by atoms with Crippen LogP contribution in [0, 0.1) is 0 Å². The van der Waals surface area contributed by atoms with Gasteiger partial charge in [0.05, 0.1) is 6.20 Å². The lowest BCUT2D eigenvalue weighted by molar-refractivity contribution is 0.0827. The molecule has 5 heteroatoms. The van der Waals surface area contributed by atoms with Crippen LogP contribution in [0.4, 0.5) is 5.69 Å². The summed E-state index contributed by atoms with van der Waals surface area (Å²) in [5, 5.41) is 7.55. The summed E-state index contributed by atoms with van der Waals surface area (Å²) in [5.74, 6) is 0.0146. The van der Waals surface area contributed by atoms with Crippen molar-refractivity contribution < 1.29 is 4.79 Å². The average molecular weight is 272 g/mol. The lowest BCUT2D eigenvalue weighted by atomic mass is 10.2. The molecule has 5 nitrogen and oxygen atoms in total.